The number of hydrogen-bond acceptors (Lipinski definition) is 5. The minimum Gasteiger partial charge on any atom is -0.416 e. The van der Waals surface area contributed by atoms with Crippen LogP contribution in [0.25, 0.3) is 0 Å². The molecular formula is C21H27BrClNO5. The molecule has 1 aromatic carbocycles. The van der Waals surface area contributed by atoms with Crippen molar-refractivity contribution in [2.24, 2.45) is 0 Å². The molecule has 2 fully saturated rings. The largest absolute Gasteiger partial charge is 0.416 e. The zero-order valence-electron chi connectivity index (χ0n) is 16.4. The molecule has 0 radical (unpaired) electrons. The summed E-state index contributed by atoms with van der Waals surface area (Å²) in [5.41, 5.74) is -0.943. The first kappa shape index (κ1) is 22.5. The molecule has 6 nitrogen and oxygen atoms in total. The zero-order chi connectivity index (χ0) is 21.1. The first-order valence-corrected chi connectivity index (χ1v) is 11.3. The standard InChI is InChI=1S/C21H27BrClNO5/c1-14(25)24-19(26)28-18-21(29-18)13-11-16(23)17(22)20(21,27)12-7-3-6-10-15-8-4-2-5-9-15/h2,4-5,8-9,16-18,27H,3,6-7,10-13H2,1H3,(H,24,25,26). The van der Waals surface area contributed by atoms with Crippen LogP contribution in [0.2, 0.25) is 0 Å². The fourth-order valence-corrected chi connectivity index (χ4v) is 5.37. The zero-order valence-corrected chi connectivity index (χ0v) is 18.7. The van der Waals surface area contributed by atoms with Gasteiger partial charge in [-0.25, -0.2) is 4.79 Å². The summed E-state index contributed by atoms with van der Waals surface area (Å²) in [4.78, 5) is 22.4. The maximum atomic E-state index is 11.8. The van der Waals surface area contributed by atoms with Gasteiger partial charge in [0.05, 0.1) is 4.83 Å². The van der Waals surface area contributed by atoms with Crippen LogP contribution < -0.4 is 5.32 Å². The monoisotopic (exact) mass is 487 g/mol. The number of ether oxygens (including phenoxy) is 2. The molecule has 2 N–H and O–H groups in total. The summed E-state index contributed by atoms with van der Waals surface area (Å²) < 4.78 is 10.9. The van der Waals surface area contributed by atoms with Gasteiger partial charge >= 0.3 is 6.09 Å². The molecule has 1 saturated heterocycles. The number of carbonyl (C=O) groups excluding carboxylic acids is 2. The average molecular weight is 489 g/mol. The molecule has 8 heteroatoms. The molecule has 5 unspecified atom stereocenters. The molecule has 29 heavy (non-hydrogen) atoms. The summed E-state index contributed by atoms with van der Waals surface area (Å²) >= 11 is 9.98. The number of unbranched alkanes of at least 4 members (excludes halogenated alkanes) is 2. The van der Waals surface area contributed by atoms with Crippen molar-refractivity contribution in [3.63, 3.8) is 0 Å². The number of halogens is 2. The van der Waals surface area contributed by atoms with Crippen molar-refractivity contribution in [1.82, 2.24) is 5.32 Å². The predicted octanol–water partition coefficient (Wildman–Crippen LogP) is 4.05. The lowest BCUT2D eigenvalue weighted by Gasteiger charge is -2.44. The lowest BCUT2D eigenvalue weighted by Crippen LogP contribution is -2.60. The highest BCUT2D eigenvalue weighted by molar-refractivity contribution is 9.09. The Hall–Kier alpha value is -1.15. The normalized spacial score (nSPS) is 33.3. The maximum Gasteiger partial charge on any atom is 0.416 e. The summed E-state index contributed by atoms with van der Waals surface area (Å²) in [6.45, 7) is 1.23. The van der Waals surface area contributed by atoms with E-state index in [0.717, 1.165) is 25.7 Å². The molecule has 5 atom stereocenters. The van der Waals surface area contributed by atoms with Crippen LogP contribution >= 0.6 is 27.5 Å². The number of amides is 2. The van der Waals surface area contributed by atoms with E-state index in [4.69, 9.17) is 21.1 Å². The molecule has 1 saturated carbocycles. The molecule has 3 rings (SSSR count). The smallest absolute Gasteiger partial charge is 0.416 e. The third kappa shape index (κ3) is 4.95. The molecule has 160 valence electrons. The molecule has 1 heterocycles. The molecule has 1 aliphatic carbocycles. The third-order valence-electron chi connectivity index (χ3n) is 5.80. The third-order valence-corrected chi connectivity index (χ3v) is 7.97. The van der Waals surface area contributed by atoms with Crippen molar-refractivity contribution in [3.8, 4) is 0 Å². The number of aryl methyl sites for hydroxylation is 1. The van der Waals surface area contributed by atoms with E-state index in [2.05, 4.69) is 33.4 Å². The van der Waals surface area contributed by atoms with Gasteiger partial charge in [0, 0.05) is 12.3 Å². The number of aliphatic hydroxyl groups is 1. The van der Waals surface area contributed by atoms with Crippen LogP contribution in [-0.4, -0.2) is 44.8 Å². The molecular weight excluding hydrogens is 462 g/mol. The van der Waals surface area contributed by atoms with Crippen LogP contribution in [0.1, 0.15) is 51.0 Å². The van der Waals surface area contributed by atoms with Gasteiger partial charge in [-0.1, -0.05) is 59.1 Å². The Balaban J connectivity index is 1.57. The highest BCUT2D eigenvalue weighted by Gasteiger charge is 2.75. The fraction of sp³-hybridized carbons (Fsp3) is 0.619. The summed E-state index contributed by atoms with van der Waals surface area (Å²) in [7, 11) is 0. The van der Waals surface area contributed by atoms with E-state index in [1.165, 1.54) is 12.5 Å². The van der Waals surface area contributed by atoms with Crippen LogP contribution in [0.5, 0.6) is 0 Å². The summed E-state index contributed by atoms with van der Waals surface area (Å²) in [6, 6.07) is 10.3. The first-order valence-electron chi connectivity index (χ1n) is 9.99. The Bertz CT molecular complexity index is 735. The maximum absolute atomic E-state index is 11.8. The van der Waals surface area contributed by atoms with E-state index in [1.807, 2.05) is 18.2 Å². The molecule has 1 aromatic rings. The Labute approximate surface area is 184 Å². The number of hydrogen-bond donors (Lipinski definition) is 2. The van der Waals surface area contributed by atoms with Gasteiger partial charge < -0.3 is 14.6 Å². The highest BCUT2D eigenvalue weighted by Crippen LogP contribution is 2.58. The first-order chi connectivity index (χ1) is 13.8. The number of rotatable bonds is 7. The van der Waals surface area contributed by atoms with Gasteiger partial charge in [0.2, 0.25) is 12.2 Å². The molecule has 0 bridgehead atoms. The predicted molar refractivity (Wildman–Crippen MR) is 113 cm³/mol. The minimum absolute atomic E-state index is 0.245. The quantitative estimate of drug-likeness (QED) is 0.343. The minimum atomic E-state index is -1.26. The summed E-state index contributed by atoms with van der Waals surface area (Å²) in [5.74, 6) is -0.513. The van der Waals surface area contributed by atoms with Gasteiger partial charge in [-0.05, 0) is 37.7 Å². The Morgan fingerprint density at radius 1 is 1.31 bits per heavy atom. The van der Waals surface area contributed by atoms with Crippen molar-refractivity contribution < 1.29 is 24.2 Å². The van der Waals surface area contributed by atoms with Crippen molar-refractivity contribution in [3.05, 3.63) is 35.9 Å². The lowest BCUT2D eigenvalue weighted by molar-refractivity contribution is -0.118. The van der Waals surface area contributed by atoms with E-state index in [1.54, 1.807) is 0 Å². The van der Waals surface area contributed by atoms with Crippen LogP contribution in [-0.2, 0) is 20.7 Å². The summed E-state index contributed by atoms with van der Waals surface area (Å²) in [5, 5.41) is 13.4. The van der Waals surface area contributed by atoms with E-state index in [0.29, 0.717) is 19.3 Å². The second-order valence-electron chi connectivity index (χ2n) is 7.85. The lowest BCUT2D eigenvalue weighted by atomic mass is 9.71. The number of epoxide rings is 1. The Morgan fingerprint density at radius 2 is 2.03 bits per heavy atom. The van der Waals surface area contributed by atoms with E-state index < -0.39 is 29.5 Å². The second-order valence-corrected chi connectivity index (χ2v) is 9.40. The van der Waals surface area contributed by atoms with E-state index in [-0.39, 0.29) is 10.2 Å². The van der Waals surface area contributed by atoms with Crippen LogP contribution in [0.4, 0.5) is 4.79 Å². The van der Waals surface area contributed by atoms with E-state index in [9.17, 15) is 14.7 Å². The molecule has 0 aromatic heterocycles. The number of alkyl carbamates (subject to hydrolysis) is 1. The van der Waals surface area contributed by atoms with Gasteiger partial charge in [0.15, 0.2) is 5.60 Å². The topological polar surface area (TPSA) is 88.2 Å². The molecule has 1 aliphatic heterocycles. The summed E-state index contributed by atoms with van der Waals surface area (Å²) in [6.07, 6.45) is 3.60. The molecule has 2 amide bonds. The van der Waals surface area contributed by atoms with Crippen LogP contribution in [0.3, 0.4) is 0 Å². The van der Waals surface area contributed by atoms with Crippen molar-refractivity contribution >= 4 is 39.5 Å². The molecule has 2 aliphatic rings. The average Bonchev–Trinajstić information content (AvgIpc) is 3.37. The molecule has 1 spiro atoms. The number of alkyl halides is 2. The number of nitrogens with one attached hydrogen (secondary N) is 1. The van der Waals surface area contributed by atoms with Crippen molar-refractivity contribution in [2.45, 2.75) is 79.6 Å². The van der Waals surface area contributed by atoms with Gasteiger partial charge in [0.1, 0.15) is 5.60 Å². The number of benzene rings is 1. The van der Waals surface area contributed by atoms with Crippen LogP contribution in [0, 0.1) is 0 Å². The van der Waals surface area contributed by atoms with Gasteiger partial charge in [-0.15, -0.1) is 11.6 Å². The van der Waals surface area contributed by atoms with Gasteiger partial charge in [-0.3, -0.25) is 10.1 Å². The van der Waals surface area contributed by atoms with Crippen LogP contribution in [0.15, 0.2) is 30.3 Å². The number of carbonyl (C=O) groups is 2. The number of imide groups is 1. The fourth-order valence-electron chi connectivity index (χ4n) is 4.17. The van der Waals surface area contributed by atoms with Crippen molar-refractivity contribution in [2.75, 3.05) is 0 Å². The Morgan fingerprint density at radius 3 is 2.72 bits per heavy atom. The van der Waals surface area contributed by atoms with E-state index >= 15 is 0 Å². The highest BCUT2D eigenvalue weighted by atomic mass is 79.9. The second kappa shape index (κ2) is 9.33. The SMILES string of the molecule is CC(=O)NC(=O)OC1OC12CCC(Cl)C(Br)C2(O)CCCCCc1ccccc1. The Kier molecular flexibility index (Phi) is 7.25. The van der Waals surface area contributed by atoms with Gasteiger partial charge in [0.25, 0.3) is 0 Å². The van der Waals surface area contributed by atoms with Gasteiger partial charge in [-0.2, -0.15) is 0 Å². The van der Waals surface area contributed by atoms with Crippen molar-refractivity contribution in [1.29, 1.82) is 0 Å².